The van der Waals surface area contributed by atoms with E-state index < -0.39 is 17.8 Å². The van der Waals surface area contributed by atoms with Gasteiger partial charge in [-0.3, -0.25) is 0 Å². The van der Waals surface area contributed by atoms with Crippen LogP contribution in [0.2, 0.25) is 10.0 Å². The highest BCUT2D eigenvalue weighted by Crippen LogP contribution is 2.34. The number of benzene rings is 2. The molecule has 25 heavy (non-hydrogen) atoms. The molecular formula is C15H9Cl2F3N4O. The summed E-state index contributed by atoms with van der Waals surface area (Å²) in [5.74, 6) is 0. The quantitative estimate of drug-likeness (QED) is 0.702. The first-order valence-corrected chi connectivity index (χ1v) is 7.66. The fraction of sp³-hybridized carbons (Fsp3) is 0.133. The minimum atomic E-state index is -4.61. The van der Waals surface area contributed by atoms with Crippen LogP contribution in [-0.2, 0) is 12.7 Å². The van der Waals surface area contributed by atoms with Crippen molar-refractivity contribution in [1.82, 2.24) is 20.3 Å². The van der Waals surface area contributed by atoms with Gasteiger partial charge < -0.3 is 5.32 Å². The Morgan fingerprint density at radius 1 is 1.20 bits per heavy atom. The molecule has 0 radical (unpaired) electrons. The number of aromatic nitrogens is 3. The summed E-state index contributed by atoms with van der Waals surface area (Å²) in [5.41, 5.74) is -0.397. The number of rotatable bonds is 2. The summed E-state index contributed by atoms with van der Waals surface area (Å²) in [6.07, 6.45) is -4.61. The Kier molecular flexibility index (Phi) is 4.57. The molecule has 0 saturated heterocycles. The Bertz CT molecular complexity index is 956. The molecule has 0 saturated carbocycles. The number of alkyl halides is 3. The zero-order valence-corrected chi connectivity index (χ0v) is 13.8. The van der Waals surface area contributed by atoms with E-state index in [0.29, 0.717) is 5.02 Å². The zero-order valence-electron chi connectivity index (χ0n) is 12.3. The van der Waals surface area contributed by atoms with Crippen LogP contribution in [0.4, 0.5) is 18.0 Å². The number of carbonyl (C=O) groups excluding carboxylic acids is 1. The van der Waals surface area contributed by atoms with Gasteiger partial charge in [0.1, 0.15) is 11.0 Å². The van der Waals surface area contributed by atoms with Crippen LogP contribution in [0.3, 0.4) is 0 Å². The van der Waals surface area contributed by atoms with Crippen molar-refractivity contribution >= 4 is 40.3 Å². The third-order valence-corrected chi connectivity index (χ3v) is 3.88. The third kappa shape index (κ3) is 3.69. The van der Waals surface area contributed by atoms with Crippen molar-refractivity contribution in [3.8, 4) is 0 Å². The van der Waals surface area contributed by atoms with Gasteiger partial charge in [-0.05, 0) is 29.8 Å². The Morgan fingerprint density at radius 3 is 2.64 bits per heavy atom. The lowest BCUT2D eigenvalue weighted by atomic mass is 10.2. The molecule has 1 N–H and O–H groups in total. The van der Waals surface area contributed by atoms with Gasteiger partial charge in [-0.1, -0.05) is 40.5 Å². The van der Waals surface area contributed by atoms with Crippen molar-refractivity contribution in [2.45, 2.75) is 12.7 Å². The predicted octanol–water partition coefficient (Wildman–Crippen LogP) is 4.51. The first kappa shape index (κ1) is 17.5. The zero-order chi connectivity index (χ0) is 18.2. The minimum absolute atomic E-state index is 0.00701. The molecule has 0 aliphatic heterocycles. The number of hydrogen-bond acceptors (Lipinski definition) is 3. The molecule has 5 nitrogen and oxygen atoms in total. The summed E-state index contributed by atoms with van der Waals surface area (Å²) in [6, 6.07) is 7.57. The topological polar surface area (TPSA) is 59.8 Å². The number of nitrogens with one attached hydrogen (secondary N) is 1. The fourth-order valence-corrected chi connectivity index (χ4v) is 2.66. The van der Waals surface area contributed by atoms with Gasteiger partial charge >= 0.3 is 12.2 Å². The number of halogens is 5. The molecule has 2 aromatic carbocycles. The second kappa shape index (κ2) is 6.53. The van der Waals surface area contributed by atoms with Crippen molar-refractivity contribution in [3.63, 3.8) is 0 Å². The van der Waals surface area contributed by atoms with Gasteiger partial charge in [0.05, 0.1) is 10.6 Å². The molecule has 3 aromatic rings. The first-order chi connectivity index (χ1) is 11.8. The fourth-order valence-electron chi connectivity index (χ4n) is 2.20. The Hall–Kier alpha value is -2.32. The number of fused-ring (bicyclic) bond motifs is 1. The summed E-state index contributed by atoms with van der Waals surface area (Å²) < 4.78 is 39.5. The Balaban J connectivity index is 1.90. The molecule has 0 fully saturated rings. The molecule has 130 valence electrons. The molecule has 0 atom stereocenters. The number of carbonyl (C=O) groups is 1. The third-order valence-electron chi connectivity index (χ3n) is 3.36. The van der Waals surface area contributed by atoms with Crippen LogP contribution in [0, 0.1) is 0 Å². The second-order valence-corrected chi connectivity index (χ2v) is 5.96. The van der Waals surface area contributed by atoms with Crippen LogP contribution in [0.1, 0.15) is 11.1 Å². The maximum Gasteiger partial charge on any atom is 0.416 e. The van der Waals surface area contributed by atoms with Gasteiger partial charge in [-0.25, -0.2) is 4.79 Å². The van der Waals surface area contributed by atoms with Crippen LogP contribution in [0.5, 0.6) is 0 Å². The smallest absolute Gasteiger partial charge is 0.332 e. The maximum absolute atomic E-state index is 12.9. The van der Waals surface area contributed by atoms with Crippen LogP contribution in [-0.4, -0.2) is 21.0 Å². The molecule has 0 spiro atoms. The van der Waals surface area contributed by atoms with E-state index in [9.17, 15) is 18.0 Å². The minimum Gasteiger partial charge on any atom is -0.332 e. The van der Waals surface area contributed by atoms with E-state index in [4.69, 9.17) is 23.2 Å². The van der Waals surface area contributed by atoms with Gasteiger partial charge in [0, 0.05) is 11.6 Å². The molecule has 0 bridgehead atoms. The van der Waals surface area contributed by atoms with E-state index >= 15 is 0 Å². The first-order valence-electron chi connectivity index (χ1n) is 6.90. The van der Waals surface area contributed by atoms with Gasteiger partial charge in [0.15, 0.2) is 0 Å². The van der Waals surface area contributed by atoms with E-state index in [1.54, 1.807) is 24.3 Å². The molecule has 0 aliphatic rings. The highest BCUT2D eigenvalue weighted by Gasteiger charge is 2.32. The number of hydrogen-bond donors (Lipinski definition) is 1. The highest BCUT2D eigenvalue weighted by molar-refractivity contribution is 6.35. The summed E-state index contributed by atoms with van der Waals surface area (Å²) in [7, 11) is 0. The molecule has 0 unspecified atom stereocenters. The standard InChI is InChI=1S/C15H9Cl2F3N4O/c16-10-3-1-2-8(4-10)7-21-14(25)24-12-6-9(15(18,19)20)5-11(17)13(12)22-23-24/h1-6H,7H2,(H,21,25). The molecular weight excluding hydrogens is 380 g/mol. The summed E-state index contributed by atoms with van der Waals surface area (Å²) in [5, 5.41) is 10.0. The Morgan fingerprint density at radius 2 is 1.96 bits per heavy atom. The maximum atomic E-state index is 12.9. The number of amides is 1. The van der Waals surface area contributed by atoms with E-state index in [1.165, 1.54) is 0 Å². The van der Waals surface area contributed by atoms with Crippen LogP contribution < -0.4 is 5.32 Å². The molecule has 1 amide bonds. The summed E-state index contributed by atoms with van der Waals surface area (Å²) >= 11 is 11.7. The lowest BCUT2D eigenvalue weighted by molar-refractivity contribution is -0.137. The van der Waals surface area contributed by atoms with E-state index in [2.05, 4.69) is 15.6 Å². The highest BCUT2D eigenvalue weighted by atomic mass is 35.5. The van der Waals surface area contributed by atoms with Gasteiger partial charge in [0.2, 0.25) is 0 Å². The summed E-state index contributed by atoms with van der Waals surface area (Å²) in [4.78, 5) is 12.2. The monoisotopic (exact) mass is 388 g/mol. The van der Waals surface area contributed by atoms with Gasteiger partial charge in [0.25, 0.3) is 0 Å². The second-order valence-electron chi connectivity index (χ2n) is 5.11. The molecule has 1 aromatic heterocycles. The predicted molar refractivity (Wildman–Crippen MR) is 86.6 cm³/mol. The molecule has 1 heterocycles. The van der Waals surface area contributed by atoms with Crippen LogP contribution >= 0.6 is 23.2 Å². The average molecular weight is 389 g/mol. The summed E-state index contributed by atoms with van der Waals surface area (Å²) in [6.45, 7) is 0.118. The van der Waals surface area contributed by atoms with Crippen molar-refractivity contribution in [2.24, 2.45) is 0 Å². The molecule has 3 rings (SSSR count). The van der Waals surface area contributed by atoms with Crippen molar-refractivity contribution < 1.29 is 18.0 Å². The van der Waals surface area contributed by atoms with Crippen molar-refractivity contribution in [2.75, 3.05) is 0 Å². The molecule has 10 heteroatoms. The van der Waals surface area contributed by atoms with Gasteiger partial charge in [-0.15, -0.1) is 5.10 Å². The lowest BCUT2D eigenvalue weighted by Gasteiger charge is -2.09. The van der Waals surface area contributed by atoms with Crippen LogP contribution in [0.15, 0.2) is 36.4 Å². The largest absolute Gasteiger partial charge is 0.416 e. The SMILES string of the molecule is O=C(NCc1cccc(Cl)c1)n1nnc2c(Cl)cc(C(F)(F)F)cc21. The van der Waals surface area contributed by atoms with Crippen molar-refractivity contribution in [3.05, 3.63) is 57.6 Å². The average Bonchev–Trinajstić information content (AvgIpc) is 2.96. The molecule has 0 aliphatic carbocycles. The van der Waals surface area contributed by atoms with Gasteiger partial charge in [-0.2, -0.15) is 17.9 Å². The van der Waals surface area contributed by atoms with E-state index in [-0.39, 0.29) is 22.6 Å². The van der Waals surface area contributed by atoms with E-state index in [1.807, 2.05) is 0 Å². The lowest BCUT2D eigenvalue weighted by Crippen LogP contribution is -2.29. The Labute approximate surface area is 149 Å². The number of nitrogens with zero attached hydrogens (tertiary/aromatic N) is 3. The van der Waals surface area contributed by atoms with E-state index in [0.717, 1.165) is 22.4 Å². The van der Waals surface area contributed by atoms with Crippen LogP contribution in [0.25, 0.3) is 11.0 Å². The normalized spacial score (nSPS) is 11.7. The van der Waals surface area contributed by atoms with Crippen molar-refractivity contribution in [1.29, 1.82) is 0 Å².